The van der Waals surface area contributed by atoms with Gasteiger partial charge in [0.15, 0.2) is 0 Å². The molecule has 0 bridgehead atoms. The number of nitrogens with one attached hydrogen (secondary N) is 1. The molecule has 0 amide bonds. The van der Waals surface area contributed by atoms with Crippen LogP contribution in [0.3, 0.4) is 0 Å². The third kappa shape index (κ3) is 3.80. The van der Waals surface area contributed by atoms with E-state index in [1.807, 2.05) is 0 Å². The van der Waals surface area contributed by atoms with Crippen molar-refractivity contribution in [2.75, 3.05) is 23.3 Å². The Morgan fingerprint density at radius 2 is 1.62 bits per heavy atom. The van der Waals surface area contributed by atoms with Crippen LogP contribution in [0.1, 0.15) is 12.8 Å². The molecule has 0 radical (unpaired) electrons. The third-order valence-corrected chi connectivity index (χ3v) is 5.90. The second kappa shape index (κ2) is 7.57. The van der Waals surface area contributed by atoms with Gasteiger partial charge in [0.25, 0.3) is 0 Å². The van der Waals surface area contributed by atoms with Crippen molar-refractivity contribution >= 4 is 21.2 Å². The van der Waals surface area contributed by atoms with E-state index >= 15 is 0 Å². The molecule has 0 atom stereocenters. The van der Waals surface area contributed by atoms with Gasteiger partial charge in [-0.15, -0.1) is 0 Å². The molecule has 1 aliphatic heterocycles. The Kier molecular flexibility index (Phi) is 5.41. The Morgan fingerprint density at radius 3 is 2.27 bits per heavy atom. The van der Waals surface area contributed by atoms with Gasteiger partial charge in [0.1, 0.15) is 5.82 Å². The molecule has 4 nitrogen and oxygen atoms in total. The average molecular weight is 384 g/mol. The topological polar surface area (TPSA) is 49.4 Å². The van der Waals surface area contributed by atoms with Gasteiger partial charge in [-0.1, -0.05) is 24.3 Å². The van der Waals surface area contributed by atoms with Crippen LogP contribution in [0.25, 0.3) is 0 Å². The molecule has 1 aliphatic rings. The standard InChI is InChI=1S/C18H19F3N2O2S/c19-14-5-1-2-6-15(14)22-13-9-11-23(12-10-13)16-7-3-4-8-17(16)26(24,25)18(20)21/h1-8,13,18,22H,9-12H2. The van der Waals surface area contributed by atoms with Crippen LogP contribution >= 0.6 is 0 Å². The van der Waals surface area contributed by atoms with E-state index in [9.17, 15) is 21.6 Å². The fourth-order valence-corrected chi connectivity index (χ4v) is 4.07. The van der Waals surface area contributed by atoms with Gasteiger partial charge in [-0.05, 0) is 37.1 Å². The minimum absolute atomic E-state index is 0.0296. The Hall–Kier alpha value is -2.22. The van der Waals surface area contributed by atoms with Crippen molar-refractivity contribution in [2.24, 2.45) is 0 Å². The summed E-state index contributed by atoms with van der Waals surface area (Å²) in [6.45, 7) is 0.976. The number of alkyl halides is 2. The molecule has 2 aromatic carbocycles. The Balaban J connectivity index is 1.72. The van der Waals surface area contributed by atoms with E-state index < -0.39 is 15.6 Å². The quantitative estimate of drug-likeness (QED) is 0.849. The molecule has 0 spiro atoms. The first kappa shape index (κ1) is 18.6. The SMILES string of the molecule is O=S(=O)(c1ccccc1N1CCC(Nc2ccccc2F)CC1)C(F)F. The van der Waals surface area contributed by atoms with Gasteiger partial charge < -0.3 is 10.2 Å². The van der Waals surface area contributed by atoms with Gasteiger partial charge in [0.2, 0.25) is 9.84 Å². The minimum Gasteiger partial charge on any atom is -0.380 e. The van der Waals surface area contributed by atoms with E-state index in [-0.39, 0.29) is 22.4 Å². The summed E-state index contributed by atoms with van der Waals surface area (Å²) in [6, 6.07) is 12.2. The van der Waals surface area contributed by atoms with Crippen LogP contribution in [0.15, 0.2) is 53.4 Å². The molecule has 26 heavy (non-hydrogen) atoms. The highest BCUT2D eigenvalue weighted by Gasteiger charge is 2.31. The number of piperidine rings is 1. The lowest BCUT2D eigenvalue weighted by molar-refractivity contribution is 0.234. The zero-order chi connectivity index (χ0) is 18.7. The Labute approximate surface area is 150 Å². The smallest absolute Gasteiger partial charge is 0.341 e. The van der Waals surface area contributed by atoms with E-state index in [4.69, 9.17) is 0 Å². The Bertz CT molecular complexity index is 866. The van der Waals surface area contributed by atoms with Gasteiger partial charge in [-0.3, -0.25) is 0 Å². The van der Waals surface area contributed by atoms with Crippen molar-refractivity contribution in [3.8, 4) is 0 Å². The predicted octanol–water partition coefficient (Wildman–Crippen LogP) is 3.90. The fraction of sp³-hybridized carbons (Fsp3) is 0.333. The molecule has 140 valence electrons. The number of anilines is 2. The molecule has 0 saturated carbocycles. The van der Waals surface area contributed by atoms with E-state index in [0.717, 1.165) is 0 Å². The summed E-state index contributed by atoms with van der Waals surface area (Å²) in [5.74, 6) is -3.78. The molecule has 8 heteroatoms. The van der Waals surface area contributed by atoms with Gasteiger partial charge in [-0.25, -0.2) is 12.8 Å². The van der Waals surface area contributed by atoms with E-state index in [0.29, 0.717) is 31.6 Å². The lowest BCUT2D eigenvalue weighted by Crippen LogP contribution is -2.40. The maximum Gasteiger partial charge on any atom is 0.341 e. The zero-order valence-corrected chi connectivity index (χ0v) is 14.7. The lowest BCUT2D eigenvalue weighted by atomic mass is 10.0. The highest BCUT2D eigenvalue weighted by atomic mass is 32.2. The first-order valence-corrected chi connectivity index (χ1v) is 9.81. The summed E-state index contributed by atoms with van der Waals surface area (Å²) in [6.07, 6.45) is 1.27. The highest BCUT2D eigenvalue weighted by molar-refractivity contribution is 7.91. The third-order valence-electron chi connectivity index (χ3n) is 4.48. The predicted molar refractivity (Wildman–Crippen MR) is 94.9 cm³/mol. The first-order valence-electron chi connectivity index (χ1n) is 8.26. The van der Waals surface area contributed by atoms with Crippen LogP contribution in [0.2, 0.25) is 0 Å². The normalized spacial score (nSPS) is 16.1. The summed E-state index contributed by atoms with van der Waals surface area (Å²) < 4.78 is 63.4. The van der Waals surface area contributed by atoms with Crippen LogP contribution in [-0.2, 0) is 9.84 Å². The number of rotatable bonds is 5. The molecule has 0 unspecified atom stereocenters. The summed E-state index contributed by atoms with van der Waals surface area (Å²) in [5, 5.41) is 3.14. The van der Waals surface area contributed by atoms with Gasteiger partial charge in [0, 0.05) is 19.1 Å². The maximum atomic E-state index is 13.7. The highest BCUT2D eigenvalue weighted by Crippen LogP contribution is 2.31. The second-order valence-electron chi connectivity index (χ2n) is 6.16. The molecule has 0 aliphatic carbocycles. The molecular weight excluding hydrogens is 365 g/mol. The van der Waals surface area contributed by atoms with Crippen molar-refractivity contribution in [1.29, 1.82) is 0 Å². The van der Waals surface area contributed by atoms with Crippen molar-refractivity contribution in [3.63, 3.8) is 0 Å². The van der Waals surface area contributed by atoms with Gasteiger partial charge in [-0.2, -0.15) is 8.78 Å². The molecule has 1 N–H and O–H groups in total. The lowest BCUT2D eigenvalue weighted by Gasteiger charge is -2.35. The number of sulfone groups is 1. The average Bonchev–Trinajstić information content (AvgIpc) is 2.64. The van der Waals surface area contributed by atoms with Gasteiger partial charge >= 0.3 is 5.76 Å². The van der Waals surface area contributed by atoms with E-state index in [1.54, 1.807) is 35.2 Å². The minimum atomic E-state index is -4.66. The van der Waals surface area contributed by atoms with Crippen LogP contribution in [-0.4, -0.2) is 33.3 Å². The van der Waals surface area contributed by atoms with E-state index in [1.165, 1.54) is 18.2 Å². The Morgan fingerprint density at radius 1 is 1.00 bits per heavy atom. The molecule has 3 rings (SSSR count). The van der Waals surface area contributed by atoms with Crippen molar-refractivity contribution in [3.05, 3.63) is 54.3 Å². The van der Waals surface area contributed by atoms with Crippen LogP contribution < -0.4 is 10.2 Å². The summed E-state index contributed by atoms with van der Waals surface area (Å²) in [5.41, 5.74) is 0.712. The van der Waals surface area contributed by atoms with Crippen LogP contribution in [0.4, 0.5) is 24.5 Å². The number of halogens is 3. The molecule has 2 aromatic rings. The monoisotopic (exact) mass is 384 g/mol. The number of hydrogen-bond donors (Lipinski definition) is 1. The molecule has 1 fully saturated rings. The van der Waals surface area contributed by atoms with Crippen LogP contribution in [0.5, 0.6) is 0 Å². The largest absolute Gasteiger partial charge is 0.380 e. The number of hydrogen-bond acceptors (Lipinski definition) is 4. The van der Waals surface area contributed by atoms with Crippen molar-refractivity contribution in [1.82, 2.24) is 0 Å². The molecular formula is C18H19F3N2O2S. The van der Waals surface area contributed by atoms with Crippen LogP contribution in [0, 0.1) is 5.82 Å². The first-order chi connectivity index (χ1) is 12.4. The summed E-state index contributed by atoms with van der Waals surface area (Å²) >= 11 is 0. The van der Waals surface area contributed by atoms with Crippen molar-refractivity contribution < 1.29 is 21.6 Å². The number of para-hydroxylation sites is 2. The van der Waals surface area contributed by atoms with Gasteiger partial charge in [0.05, 0.1) is 16.3 Å². The maximum absolute atomic E-state index is 13.7. The summed E-state index contributed by atoms with van der Waals surface area (Å²) in [4.78, 5) is 1.44. The second-order valence-corrected chi connectivity index (χ2v) is 8.05. The number of nitrogens with zero attached hydrogens (tertiary/aromatic N) is 1. The fourth-order valence-electron chi connectivity index (χ4n) is 3.12. The molecule has 0 aromatic heterocycles. The molecule has 1 heterocycles. The summed E-state index contributed by atoms with van der Waals surface area (Å²) in [7, 11) is -4.66. The zero-order valence-electron chi connectivity index (χ0n) is 13.9. The van der Waals surface area contributed by atoms with E-state index in [2.05, 4.69) is 5.32 Å². The van der Waals surface area contributed by atoms with Crippen molar-refractivity contribution in [2.45, 2.75) is 29.5 Å². The molecule has 1 saturated heterocycles. The number of benzene rings is 2.